The topological polar surface area (TPSA) is 60.3 Å². The molecule has 1 aromatic heterocycles. The fraction of sp³-hybridized carbons (Fsp3) is 0.294. The number of fused-ring (bicyclic) bond motifs is 1. The highest BCUT2D eigenvalue weighted by Gasteiger charge is 2.27. The van der Waals surface area contributed by atoms with Crippen LogP contribution in [0.2, 0.25) is 0 Å². The van der Waals surface area contributed by atoms with Gasteiger partial charge < -0.3 is 14.6 Å². The van der Waals surface area contributed by atoms with Gasteiger partial charge in [-0.25, -0.2) is 0 Å². The molecule has 1 N–H and O–H groups in total. The Kier molecular flexibility index (Phi) is 4.06. The quantitative estimate of drug-likeness (QED) is 0.944. The number of carbonyl (C=O) groups excluding carboxylic acids is 1. The van der Waals surface area contributed by atoms with Gasteiger partial charge in [-0.05, 0) is 24.5 Å². The summed E-state index contributed by atoms with van der Waals surface area (Å²) in [7, 11) is 0. The molecule has 2 heterocycles. The maximum Gasteiger partial charge on any atom is 0.258 e. The lowest BCUT2D eigenvalue weighted by Gasteiger charge is -2.25. The molecule has 5 heteroatoms. The average Bonchev–Trinajstić information content (AvgIpc) is 2.56. The first-order valence-electron chi connectivity index (χ1n) is 7.39. The monoisotopic (exact) mass is 298 g/mol. The number of hydrogen-bond donors (Lipinski definition) is 1. The van der Waals surface area contributed by atoms with E-state index in [2.05, 4.69) is 5.32 Å². The Bertz CT molecular complexity index is 752. The highest BCUT2D eigenvalue weighted by atomic mass is 16.5. The number of amides is 1. The normalized spacial score (nSPS) is 16.9. The molecule has 1 atom stereocenters. The first kappa shape index (κ1) is 14.5. The third-order valence-corrected chi connectivity index (χ3v) is 3.83. The molecule has 114 valence electrons. The fourth-order valence-electron chi connectivity index (χ4n) is 2.63. The zero-order valence-electron chi connectivity index (χ0n) is 12.4. The van der Waals surface area contributed by atoms with Crippen LogP contribution in [0.25, 0.3) is 0 Å². The summed E-state index contributed by atoms with van der Waals surface area (Å²) in [6, 6.07) is 9.20. The van der Waals surface area contributed by atoms with Crippen LogP contribution in [0.3, 0.4) is 0 Å². The van der Waals surface area contributed by atoms with Crippen molar-refractivity contribution in [3.8, 4) is 0 Å². The van der Waals surface area contributed by atoms with Gasteiger partial charge in [0.15, 0.2) is 6.10 Å². The van der Waals surface area contributed by atoms with Gasteiger partial charge in [0.1, 0.15) is 5.69 Å². The number of pyridine rings is 1. The minimum absolute atomic E-state index is 0.206. The van der Waals surface area contributed by atoms with Crippen LogP contribution in [-0.2, 0) is 22.5 Å². The number of nitrogens with zero attached hydrogens (tertiary/aromatic N) is 1. The van der Waals surface area contributed by atoms with Crippen molar-refractivity contribution in [2.24, 2.45) is 0 Å². The predicted molar refractivity (Wildman–Crippen MR) is 83.8 cm³/mol. The van der Waals surface area contributed by atoms with Crippen LogP contribution in [0.1, 0.15) is 24.2 Å². The number of rotatable bonds is 3. The number of nitrogens with one attached hydrogen (secondary N) is 1. The van der Waals surface area contributed by atoms with Crippen LogP contribution in [0.4, 0.5) is 5.69 Å². The number of benzene rings is 1. The van der Waals surface area contributed by atoms with Gasteiger partial charge in [-0.15, -0.1) is 0 Å². The molecule has 0 fully saturated rings. The number of anilines is 1. The summed E-state index contributed by atoms with van der Waals surface area (Å²) < 4.78 is 7.45. The van der Waals surface area contributed by atoms with Gasteiger partial charge in [0.05, 0.1) is 6.61 Å². The summed E-state index contributed by atoms with van der Waals surface area (Å²) in [6.07, 6.45) is 3.48. The fourth-order valence-corrected chi connectivity index (χ4v) is 2.63. The third-order valence-electron chi connectivity index (χ3n) is 3.83. The zero-order valence-corrected chi connectivity index (χ0v) is 12.4. The standard InChI is InChI=1S/C17H18N2O3/c1-2-19-9-7-15(20)14(11-19)18-17(21)16-13-6-4-3-5-12(13)8-10-22-16/h3-7,9,11,16H,2,8,10H2,1H3,(H,18,21). The van der Waals surface area contributed by atoms with Crippen molar-refractivity contribution in [1.29, 1.82) is 0 Å². The van der Waals surface area contributed by atoms with Crippen LogP contribution in [-0.4, -0.2) is 17.1 Å². The highest BCUT2D eigenvalue weighted by Crippen LogP contribution is 2.27. The van der Waals surface area contributed by atoms with Crippen molar-refractivity contribution >= 4 is 11.6 Å². The Balaban J connectivity index is 1.86. The van der Waals surface area contributed by atoms with Crippen molar-refractivity contribution < 1.29 is 9.53 Å². The van der Waals surface area contributed by atoms with Gasteiger partial charge in [-0.2, -0.15) is 0 Å². The van der Waals surface area contributed by atoms with Crippen LogP contribution in [0, 0.1) is 0 Å². The van der Waals surface area contributed by atoms with Crippen molar-refractivity contribution in [3.63, 3.8) is 0 Å². The highest BCUT2D eigenvalue weighted by molar-refractivity contribution is 5.95. The lowest BCUT2D eigenvalue weighted by Crippen LogP contribution is -2.30. The number of hydrogen-bond acceptors (Lipinski definition) is 3. The molecule has 0 aliphatic carbocycles. The van der Waals surface area contributed by atoms with E-state index in [-0.39, 0.29) is 17.0 Å². The minimum atomic E-state index is -0.667. The summed E-state index contributed by atoms with van der Waals surface area (Å²) in [4.78, 5) is 24.4. The number of carbonyl (C=O) groups is 1. The van der Waals surface area contributed by atoms with E-state index < -0.39 is 6.10 Å². The second-order valence-corrected chi connectivity index (χ2v) is 5.24. The Labute approximate surface area is 128 Å². The smallest absolute Gasteiger partial charge is 0.258 e. The maximum absolute atomic E-state index is 12.5. The largest absolute Gasteiger partial charge is 0.363 e. The molecule has 0 bridgehead atoms. The summed E-state index contributed by atoms with van der Waals surface area (Å²) in [6.45, 7) is 3.20. The summed E-state index contributed by atoms with van der Waals surface area (Å²) >= 11 is 0. The Morgan fingerprint density at radius 1 is 1.36 bits per heavy atom. The second kappa shape index (κ2) is 6.15. The van der Waals surface area contributed by atoms with E-state index in [1.54, 1.807) is 12.4 Å². The average molecular weight is 298 g/mol. The molecule has 3 rings (SSSR count). The van der Waals surface area contributed by atoms with Gasteiger partial charge in [-0.1, -0.05) is 24.3 Å². The Morgan fingerprint density at radius 3 is 3.00 bits per heavy atom. The molecule has 5 nitrogen and oxygen atoms in total. The van der Waals surface area contributed by atoms with E-state index in [9.17, 15) is 9.59 Å². The molecule has 1 amide bonds. The molecule has 0 radical (unpaired) electrons. The van der Waals surface area contributed by atoms with E-state index >= 15 is 0 Å². The molecule has 22 heavy (non-hydrogen) atoms. The number of ether oxygens (including phenoxy) is 1. The third kappa shape index (κ3) is 2.80. The van der Waals surface area contributed by atoms with E-state index in [1.165, 1.54) is 6.07 Å². The van der Waals surface area contributed by atoms with Gasteiger partial charge in [0.25, 0.3) is 5.91 Å². The molecule has 1 aliphatic rings. The molecule has 1 aliphatic heterocycles. The predicted octanol–water partition coefficient (Wildman–Crippen LogP) is 2.12. The van der Waals surface area contributed by atoms with Crippen LogP contribution in [0.15, 0.2) is 47.5 Å². The lowest BCUT2D eigenvalue weighted by atomic mass is 9.97. The number of aromatic nitrogens is 1. The molecule has 0 saturated heterocycles. The van der Waals surface area contributed by atoms with Gasteiger partial charge >= 0.3 is 0 Å². The Morgan fingerprint density at radius 2 is 2.18 bits per heavy atom. The van der Waals surface area contributed by atoms with E-state index in [1.807, 2.05) is 35.8 Å². The van der Waals surface area contributed by atoms with Crippen LogP contribution in [0.5, 0.6) is 0 Å². The molecule has 2 aromatic rings. The minimum Gasteiger partial charge on any atom is -0.363 e. The van der Waals surface area contributed by atoms with E-state index in [0.29, 0.717) is 6.61 Å². The molecule has 0 spiro atoms. The SMILES string of the molecule is CCn1ccc(=O)c(NC(=O)C2OCCc3ccccc32)c1. The van der Waals surface area contributed by atoms with Crippen molar-refractivity contribution in [2.45, 2.75) is 26.0 Å². The summed E-state index contributed by atoms with van der Waals surface area (Å²) in [5.41, 5.74) is 2.06. The van der Waals surface area contributed by atoms with E-state index in [0.717, 1.165) is 24.1 Å². The molecule has 1 unspecified atom stereocenters. The van der Waals surface area contributed by atoms with Gasteiger partial charge in [0, 0.05) is 25.0 Å². The second-order valence-electron chi connectivity index (χ2n) is 5.24. The Hall–Kier alpha value is -2.40. The van der Waals surface area contributed by atoms with Crippen LogP contribution < -0.4 is 10.7 Å². The van der Waals surface area contributed by atoms with E-state index in [4.69, 9.17) is 4.74 Å². The maximum atomic E-state index is 12.5. The van der Waals surface area contributed by atoms with Crippen LogP contribution >= 0.6 is 0 Å². The first-order chi connectivity index (χ1) is 10.7. The van der Waals surface area contributed by atoms with Crippen molar-refractivity contribution in [1.82, 2.24) is 4.57 Å². The van der Waals surface area contributed by atoms with Gasteiger partial charge in [-0.3, -0.25) is 9.59 Å². The van der Waals surface area contributed by atoms with Gasteiger partial charge in [0.2, 0.25) is 5.43 Å². The lowest BCUT2D eigenvalue weighted by molar-refractivity contribution is -0.128. The van der Waals surface area contributed by atoms with Crippen molar-refractivity contribution in [2.75, 3.05) is 11.9 Å². The number of aryl methyl sites for hydroxylation is 1. The zero-order chi connectivity index (χ0) is 15.5. The summed E-state index contributed by atoms with van der Waals surface area (Å²) in [5, 5.41) is 2.70. The molecular formula is C17H18N2O3. The van der Waals surface area contributed by atoms with Crippen molar-refractivity contribution in [3.05, 3.63) is 64.1 Å². The molecule has 0 saturated carbocycles. The molecular weight excluding hydrogens is 280 g/mol. The molecule has 1 aromatic carbocycles. The first-order valence-corrected chi connectivity index (χ1v) is 7.39. The summed E-state index contributed by atoms with van der Waals surface area (Å²) in [5.74, 6) is -0.307.